The molecule has 0 amide bonds. The van der Waals surface area contributed by atoms with Crippen LogP contribution < -0.4 is 15.8 Å². The average molecular weight is 286 g/mol. The van der Waals surface area contributed by atoms with Crippen molar-refractivity contribution in [3.8, 4) is 5.75 Å². The molecule has 0 spiro atoms. The molecule has 0 saturated heterocycles. The van der Waals surface area contributed by atoms with E-state index in [4.69, 9.17) is 22.7 Å². The van der Waals surface area contributed by atoms with Gasteiger partial charge in [0, 0.05) is 17.8 Å². The number of ether oxygens (including phenoxy) is 1. The summed E-state index contributed by atoms with van der Waals surface area (Å²) in [5.74, 6) is 0.910. The van der Waals surface area contributed by atoms with Gasteiger partial charge < -0.3 is 15.8 Å². The van der Waals surface area contributed by atoms with Crippen molar-refractivity contribution in [2.45, 2.75) is 6.42 Å². The van der Waals surface area contributed by atoms with Gasteiger partial charge >= 0.3 is 0 Å². The van der Waals surface area contributed by atoms with Gasteiger partial charge in [-0.25, -0.2) is 0 Å². The molecule has 0 fully saturated rings. The predicted octanol–water partition coefficient (Wildman–Crippen LogP) is 3.20. The first kappa shape index (κ1) is 14.3. The molecule has 2 rings (SSSR count). The van der Waals surface area contributed by atoms with E-state index in [1.807, 2.05) is 54.6 Å². The Hall–Kier alpha value is -2.07. The lowest BCUT2D eigenvalue weighted by Crippen LogP contribution is -2.10. The molecule has 104 valence electrons. The van der Waals surface area contributed by atoms with Gasteiger partial charge in [0.25, 0.3) is 0 Å². The number of nitrogens with one attached hydrogen (secondary N) is 1. The zero-order valence-corrected chi connectivity index (χ0v) is 12.0. The third-order valence-corrected chi connectivity index (χ3v) is 3.07. The standard InChI is InChI=1S/C16H18N2OS/c17-16(20)13-7-9-14(10-8-13)18-11-4-12-19-15-5-2-1-3-6-15/h1-3,5-10,18H,4,11-12H2,(H2,17,20). The Labute approximate surface area is 124 Å². The molecular formula is C16H18N2OS. The van der Waals surface area contributed by atoms with Crippen LogP contribution in [0, 0.1) is 0 Å². The van der Waals surface area contributed by atoms with Crippen LogP contribution in [0.25, 0.3) is 0 Å². The predicted molar refractivity (Wildman–Crippen MR) is 87.4 cm³/mol. The van der Waals surface area contributed by atoms with Gasteiger partial charge in [-0.05, 0) is 42.8 Å². The second kappa shape index (κ2) is 7.50. The summed E-state index contributed by atoms with van der Waals surface area (Å²) in [5.41, 5.74) is 7.50. The number of hydrogen-bond acceptors (Lipinski definition) is 3. The van der Waals surface area contributed by atoms with Gasteiger partial charge in [0.1, 0.15) is 10.7 Å². The van der Waals surface area contributed by atoms with Crippen molar-refractivity contribution in [3.63, 3.8) is 0 Å². The highest BCUT2D eigenvalue weighted by atomic mass is 32.1. The molecule has 0 aliphatic carbocycles. The van der Waals surface area contributed by atoms with Crippen LogP contribution in [0.5, 0.6) is 5.75 Å². The number of nitrogens with two attached hydrogens (primary N) is 1. The molecular weight excluding hydrogens is 268 g/mol. The van der Waals surface area contributed by atoms with Crippen molar-refractivity contribution in [2.24, 2.45) is 5.73 Å². The van der Waals surface area contributed by atoms with Gasteiger partial charge in [0.05, 0.1) is 6.61 Å². The number of anilines is 1. The number of benzene rings is 2. The molecule has 0 atom stereocenters. The summed E-state index contributed by atoms with van der Waals surface area (Å²) in [5, 5.41) is 3.33. The summed E-state index contributed by atoms with van der Waals surface area (Å²) >= 11 is 4.91. The van der Waals surface area contributed by atoms with Crippen LogP contribution >= 0.6 is 12.2 Å². The lowest BCUT2D eigenvalue weighted by atomic mass is 10.2. The first-order valence-corrected chi connectivity index (χ1v) is 6.98. The molecule has 0 aliphatic rings. The summed E-state index contributed by atoms with van der Waals surface area (Å²) in [4.78, 5) is 0.424. The Morgan fingerprint density at radius 3 is 2.40 bits per heavy atom. The van der Waals surface area contributed by atoms with Crippen LogP contribution in [-0.2, 0) is 0 Å². The van der Waals surface area contributed by atoms with E-state index < -0.39 is 0 Å². The minimum absolute atomic E-state index is 0.424. The average Bonchev–Trinajstić information content (AvgIpc) is 2.48. The Morgan fingerprint density at radius 1 is 1.05 bits per heavy atom. The van der Waals surface area contributed by atoms with E-state index in [9.17, 15) is 0 Å². The van der Waals surface area contributed by atoms with Crippen LogP contribution in [-0.4, -0.2) is 18.1 Å². The Kier molecular flexibility index (Phi) is 5.38. The fraction of sp³-hybridized carbons (Fsp3) is 0.188. The highest BCUT2D eigenvalue weighted by molar-refractivity contribution is 7.80. The van der Waals surface area contributed by atoms with E-state index >= 15 is 0 Å². The maximum atomic E-state index is 5.62. The molecule has 2 aromatic rings. The number of thiocarbonyl (C=S) groups is 1. The Bertz CT molecular complexity index is 540. The van der Waals surface area contributed by atoms with Crippen LogP contribution in [0.3, 0.4) is 0 Å². The van der Waals surface area contributed by atoms with Gasteiger partial charge in [-0.15, -0.1) is 0 Å². The molecule has 0 bridgehead atoms. The van der Waals surface area contributed by atoms with E-state index in [0.717, 1.165) is 30.0 Å². The third-order valence-electron chi connectivity index (χ3n) is 2.83. The van der Waals surface area contributed by atoms with Crippen molar-refractivity contribution in [3.05, 3.63) is 60.2 Å². The second-order valence-corrected chi connectivity index (χ2v) is 4.82. The summed E-state index contributed by atoms with van der Waals surface area (Å²) in [6.45, 7) is 1.56. The van der Waals surface area contributed by atoms with E-state index in [2.05, 4.69) is 5.32 Å². The lowest BCUT2D eigenvalue weighted by Gasteiger charge is -2.08. The van der Waals surface area contributed by atoms with Crippen LogP contribution in [0.15, 0.2) is 54.6 Å². The molecule has 0 saturated carbocycles. The fourth-order valence-electron chi connectivity index (χ4n) is 1.76. The molecule has 4 heteroatoms. The Morgan fingerprint density at radius 2 is 1.75 bits per heavy atom. The molecule has 0 radical (unpaired) electrons. The molecule has 3 nitrogen and oxygen atoms in total. The molecule has 2 aromatic carbocycles. The number of para-hydroxylation sites is 1. The number of hydrogen-bond donors (Lipinski definition) is 2. The van der Waals surface area contributed by atoms with Crippen molar-refractivity contribution >= 4 is 22.9 Å². The maximum absolute atomic E-state index is 5.62. The minimum atomic E-state index is 0.424. The zero-order chi connectivity index (χ0) is 14.2. The quantitative estimate of drug-likeness (QED) is 0.606. The Balaban J connectivity index is 1.67. The normalized spacial score (nSPS) is 10.0. The third kappa shape index (κ3) is 4.55. The van der Waals surface area contributed by atoms with E-state index in [1.54, 1.807) is 0 Å². The van der Waals surface area contributed by atoms with Crippen LogP contribution in [0.2, 0.25) is 0 Å². The van der Waals surface area contributed by atoms with E-state index in [-0.39, 0.29) is 0 Å². The monoisotopic (exact) mass is 286 g/mol. The highest BCUT2D eigenvalue weighted by Gasteiger charge is 1.97. The smallest absolute Gasteiger partial charge is 0.119 e. The largest absolute Gasteiger partial charge is 0.494 e. The van der Waals surface area contributed by atoms with Gasteiger partial charge in [-0.3, -0.25) is 0 Å². The van der Waals surface area contributed by atoms with Crippen molar-refractivity contribution in [2.75, 3.05) is 18.5 Å². The molecule has 0 aliphatic heterocycles. The number of rotatable bonds is 7. The van der Waals surface area contributed by atoms with Gasteiger partial charge in [0.15, 0.2) is 0 Å². The first-order chi connectivity index (χ1) is 9.75. The molecule has 3 N–H and O–H groups in total. The summed E-state index contributed by atoms with van der Waals surface area (Å²) in [6.07, 6.45) is 0.936. The van der Waals surface area contributed by atoms with E-state index in [0.29, 0.717) is 11.6 Å². The molecule has 0 heterocycles. The maximum Gasteiger partial charge on any atom is 0.119 e. The van der Waals surface area contributed by atoms with Gasteiger partial charge in [-0.2, -0.15) is 0 Å². The van der Waals surface area contributed by atoms with Gasteiger partial charge in [-0.1, -0.05) is 30.4 Å². The highest BCUT2D eigenvalue weighted by Crippen LogP contribution is 2.10. The fourth-order valence-corrected chi connectivity index (χ4v) is 1.90. The SMILES string of the molecule is NC(=S)c1ccc(NCCCOc2ccccc2)cc1. The first-order valence-electron chi connectivity index (χ1n) is 6.57. The zero-order valence-electron chi connectivity index (χ0n) is 11.2. The van der Waals surface area contributed by atoms with Gasteiger partial charge in [0.2, 0.25) is 0 Å². The minimum Gasteiger partial charge on any atom is -0.494 e. The molecule has 0 aromatic heterocycles. The molecule has 20 heavy (non-hydrogen) atoms. The topological polar surface area (TPSA) is 47.3 Å². The molecule has 0 unspecified atom stereocenters. The summed E-state index contributed by atoms with van der Waals surface area (Å²) < 4.78 is 5.62. The van der Waals surface area contributed by atoms with Crippen LogP contribution in [0.4, 0.5) is 5.69 Å². The van der Waals surface area contributed by atoms with Crippen LogP contribution in [0.1, 0.15) is 12.0 Å². The van der Waals surface area contributed by atoms with Crippen molar-refractivity contribution in [1.29, 1.82) is 0 Å². The second-order valence-electron chi connectivity index (χ2n) is 4.38. The lowest BCUT2D eigenvalue weighted by molar-refractivity contribution is 0.315. The summed E-state index contributed by atoms with van der Waals surface area (Å²) in [6, 6.07) is 17.6. The van der Waals surface area contributed by atoms with Crippen molar-refractivity contribution in [1.82, 2.24) is 0 Å². The van der Waals surface area contributed by atoms with E-state index in [1.165, 1.54) is 0 Å². The summed E-state index contributed by atoms with van der Waals surface area (Å²) in [7, 11) is 0. The van der Waals surface area contributed by atoms with Crippen molar-refractivity contribution < 1.29 is 4.74 Å².